The lowest BCUT2D eigenvalue weighted by Gasteiger charge is -2.53. The number of fused-ring (bicyclic) bond motifs is 4. The molecule has 1 saturated heterocycles. The number of amides is 3. The van der Waals surface area contributed by atoms with E-state index in [1.807, 2.05) is 45.2 Å². The second-order valence-electron chi connectivity index (χ2n) is 9.88. The number of urea groups is 1. The van der Waals surface area contributed by atoms with E-state index in [2.05, 4.69) is 36.5 Å². The third-order valence-electron chi connectivity index (χ3n) is 7.18. The predicted octanol–water partition coefficient (Wildman–Crippen LogP) is 5.48. The Labute approximate surface area is 218 Å². The molecule has 5 rings (SSSR count). The van der Waals surface area contributed by atoms with Crippen molar-refractivity contribution in [1.29, 1.82) is 0 Å². The first-order valence-corrected chi connectivity index (χ1v) is 12.8. The summed E-state index contributed by atoms with van der Waals surface area (Å²) in [6.45, 7) is 6.95. The van der Waals surface area contributed by atoms with E-state index in [-0.39, 0.29) is 18.0 Å². The minimum absolute atomic E-state index is 0.133. The van der Waals surface area contributed by atoms with Crippen LogP contribution in [0.15, 0.2) is 66.7 Å². The minimum atomic E-state index is -0.936. The average Bonchev–Trinajstić information content (AvgIpc) is 2.89. The molecule has 2 aliphatic rings. The van der Waals surface area contributed by atoms with Crippen LogP contribution < -0.4 is 19.7 Å². The van der Waals surface area contributed by atoms with Crippen LogP contribution in [0.4, 0.5) is 10.5 Å². The largest absolute Gasteiger partial charge is 0.490 e. The zero-order chi connectivity index (χ0) is 26.2. The van der Waals surface area contributed by atoms with Gasteiger partial charge in [-0.1, -0.05) is 48.0 Å². The molecule has 0 spiro atoms. The summed E-state index contributed by atoms with van der Waals surface area (Å²) < 4.78 is 12.4. The Morgan fingerprint density at radius 2 is 1.89 bits per heavy atom. The topological polar surface area (TPSA) is 71.1 Å². The number of nitrogens with zero attached hydrogens (tertiary/aromatic N) is 2. The fourth-order valence-corrected chi connectivity index (χ4v) is 5.23. The zero-order valence-corrected chi connectivity index (χ0v) is 21.8. The van der Waals surface area contributed by atoms with Crippen LogP contribution in [0.3, 0.4) is 0 Å². The average molecular weight is 500 g/mol. The Morgan fingerprint density at radius 1 is 1.14 bits per heavy atom. The van der Waals surface area contributed by atoms with Gasteiger partial charge in [0, 0.05) is 31.1 Å². The van der Waals surface area contributed by atoms with Crippen molar-refractivity contribution in [2.75, 3.05) is 25.1 Å². The van der Waals surface area contributed by atoms with E-state index in [4.69, 9.17) is 9.47 Å². The van der Waals surface area contributed by atoms with E-state index in [1.54, 1.807) is 28.0 Å². The first-order chi connectivity index (χ1) is 17.8. The fraction of sp³-hybridized carbons (Fsp3) is 0.333. The highest BCUT2D eigenvalue weighted by Crippen LogP contribution is 2.51. The van der Waals surface area contributed by atoms with Crippen LogP contribution in [0.1, 0.15) is 53.4 Å². The molecule has 7 nitrogen and oxygen atoms in total. The summed E-state index contributed by atoms with van der Waals surface area (Å²) in [7, 11) is 1.81. The lowest BCUT2D eigenvalue weighted by Crippen LogP contribution is -2.65. The van der Waals surface area contributed by atoms with E-state index >= 15 is 0 Å². The summed E-state index contributed by atoms with van der Waals surface area (Å²) in [6.07, 6.45) is 1.33. The van der Waals surface area contributed by atoms with E-state index in [9.17, 15) is 9.59 Å². The van der Waals surface area contributed by atoms with Crippen LogP contribution in [0.2, 0.25) is 0 Å². The van der Waals surface area contributed by atoms with Gasteiger partial charge in [-0.25, -0.2) is 4.79 Å². The fourth-order valence-electron chi connectivity index (χ4n) is 5.23. The number of nitrogens with one attached hydrogen (secondary N) is 1. The number of aryl methyl sites for hydroxylation is 1. The Kier molecular flexibility index (Phi) is 6.54. The third-order valence-corrected chi connectivity index (χ3v) is 7.18. The van der Waals surface area contributed by atoms with Gasteiger partial charge in [0.1, 0.15) is 0 Å². The first-order valence-electron chi connectivity index (χ1n) is 12.8. The third kappa shape index (κ3) is 4.61. The van der Waals surface area contributed by atoms with Gasteiger partial charge >= 0.3 is 6.03 Å². The molecular formula is C30H33N3O4. The highest BCUT2D eigenvalue weighted by atomic mass is 16.5. The Hall–Kier alpha value is -4.00. The Morgan fingerprint density at radius 3 is 2.65 bits per heavy atom. The molecule has 37 heavy (non-hydrogen) atoms. The number of carbonyl (C=O) groups is 2. The SMILES string of the molecule is CCOc1cccc2c1O[C@]1(C)CC2N(C)C(=O)N1c1cccc(C(=O)NCCc2ccc(C)cc2)c1. The number of anilines is 1. The van der Waals surface area contributed by atoms with E-state index in [1.165, 1.54) is 11.1 Å². The van der Waals surface area contributed by atoms with Crippen molar-refractivity contribution < 1.29 is 19.1 Å². The molecule has 0 radical (unpaired) electrons. The van der Waals surface area contributed by atoms with Crippen LogP contribution in [0.25, 0.3) is 0 Å². The quantitative estimate of drug-likeness (QED) is 0.467. The van der Waals surface area contributed by atoms with Gasteiger partial charge in [-0.2, -0.15) is 0 Å². The van der Waals surface area contributed by atoms with E-state index in [0.29, 0.717) is 42.3 Å². The zero-order valence-electron chi connectivity index (χ0n) is 21.8. The van der Waals surface area contributed by atoms with Gasteiger partial charge in [0.2, 0.25) is 0 Å². The molecule has 2 bridgehead atoms. The summed E-state index contributed by atoms with van der Waals surface area (Å²) in [5.74, 6) is 1.15. The minimum Gasteiger partial charge on any atom is -0.490 e. The number of ether oxygens (including phenoxy) is 2. The number of hydrogen-bond donors (Lipinski definition) is 1. The molecule has 192 valence electrons. The molecule has 0 aromatic heterocycles. The molecule has 2 aliphatic heterocycles. The second-order valence-corrected chi connectivity index (χ2v) is 9.88. The maximum Gasteiger partial charge on any atom is 0.327 e. The summed E-state index contributed by atoms with van der Waals surface area (Å²) in [5.41, 5.74) is 3.50. The lowest BCUT2D eigenvalue weighted by molar-refractivity contribution is 0.00383. The number of rotatable bonds is 7. The number of hydrogen-bond acceptors (Lipinski definition) is 4. The molecule has 7 heteroatoms. The second kappa shape index (κ2) is 9.81. The van der Waals surface area contributed by atoms with Gasteiger partial charge < -0.3 is 19.7 Å². The molecule has 0 aliphatic carbocycles. The summed E-state index contributed by atoms with van der Waals surface area (Å²) >= 11 is 0. The molecule has 3 aromatic rings. The summed E-state index contributed by atoms with van der Waals surface area (Å²) in [5, 5.41) is 3.00. The van der Waals surface area contributed by atoms with Gasteiger partial charge in [0.05, 0.1) is 18.3 Å². The molecule has 3 aromatic carbocycles. The standard InChI is InChI=1S/C30H33N3O4/c1-5-36-26-11-7-10-24-25-19-30(3,37-27(24)26)33(29(35)32(25)4)23-9-6-8-22(18-23)28(34)31-17-16-21-14-12-20(2)13-15-21/h6-15,18,25H,5,16-17,19H2,1-4H3,(H,31,34)/t25?,30-/m1/s1. The van der Waals surface area contributed by atoms with Crippen molar-refractivity contribution >= 4 is 17.6 Å². The van der Waals surface area contributed by atoms with Crippen molar-refractivity contribution in [3.8, 4) is 11.5 Å². The van der Waals surface area contributed by atoms with Gasteiger partial charge in [-0.3, -0.25) is 9.69 Å². The van der Waals surface area contributed by atoms with Crippen molar-refractivity contribution in [3.63, 3.8) is 0 Å². The van der Waals surface area contributed by atoms with Crippen molar-refractivity contribution in [1.82, 2.24) is 10.2 Å². The normalized spacial score (nSPS) is 20.2. The molecule has 3 amide bonds. The maximum absolute atomic E-state index is 13.6. The molecule has 1 unspecified atom stereocenters. The molecule has 0 saturated carbocycles. The highest BCUT2D eigenvalue weighted by Gasteiger charge is 2.53. The first kappa shape index (κ1) is 24.7. The summed E-state index contributed by atoms with van der Waals surface area (Å²) in [6, 6.07) is 21.0. The van der Waals surface area contributed by atoms with Crippen molar-refractivity contribution in [3.05, 3.63) is 89.0 Å². The number of carbonyl (C=O) groups excluding carboxylic acids is 2. The van der Waals surface area contributed by atoms with E-state index in [0.717, 1.165) is 12.0 Å². The molecule has 2 atom stereocenters. The Balaban J connectivity index is 1.38. The van der Waals surface area contributed by atoms with Crippen LogP contribution in [-0.4, -0.2) is 42.8 Å². The van der Waals surface area contributed by atoms with Crippen LogP contribution in [0, 0.1) is 6.92 Å². The van der Waals surface area contributed by atoms with Crippen molar-refractivity contribution in [2.24, 2.45) is 0 Å². The van der Waals surface area contributed by atoms with Gasteiger partial charge in [-0.05, 0) is 57.0 Å². The molecule has 2 heterocycles. The number of para-hydroxylation sites is 1. The van der Waals surface area contributed by atoms with Crippen LogP contribution >= 0.6 is 0 Å². The van der Waals surface area contributed by atoms with Crippen molar-refractivity contribution in [2.45, 2.75) is 45.4 Å². The molecular weight excluding hydrogens is 466 g/mol. The molecule has 1 fully saturated rings. The smallest absolute Gasteiger partial charge is 0.327 e. The van der Waals surface area contributed by atoms with Crippen LogP contribution in [-0.2, 0) is 6.42 Å². The van der Waals surface area contributed by atoms with Crippen LogP contribution in [0.5, 0.6) is 11.5 Å². The van der Waals surface area contributed by atoms with Gasteiger partial charge in [0.25, 0.3) is 5.91 Å². The number of benzene rings is 3. The monoisotopic (exact) mass is 499 g/mol. The summed E-state index contributed by atoms with van der Waals surface area (Å²) in [4.78, 5) is 30.0. The predicted molar refractivity (Wildman–Crippen MR) is 143 cm³/mol. The van der Waals surface area contributed by atoms with E-state index < -0.39 is 5.72 Å². The van der Waals surface area contributed by atoms with Gasteiger partial charge in [0.15, 0.2) is 17.2 Å². The lowest BCUT2D eigenvalue weighted by atomic mass is 9.88. The maximum atomic E-state index is 13.6. The molecule has 1 N–H and O–H groups in total. The van der Waals surface area contributed by atoms with Gasteiger partial charge in [-0.15, -0.1) is 0 Å². The Bertz CT molecular complexity index is 1320. The highest BCUT2D eigenvalue weighted by molar-refractivity contribution is 5.99.